The average Bonchev–Trinajstić information content (AvgIpc) is 2.97. The average molecular weight is 495 g/mol. The molecule has 7 nitrogen and oxygen atoms in total. The van der Waals surface area contributed by atoms with Crippen molar-refractivity contribution in [2.24, 2.45) is 4.99 Å². The van der Waals surface area contributed by atoms with Crippen molar-refractivity contribution < 1.29 is 14.6 Å². The summed E-state index contributed by atoms with van der Waals surface area (Å²) in [5.74, 6) is -0.329. The molecular weight excluding hydrogens is 464 g/mol. The third kappa shape index (κ3) is 6.26. The highest BCUT2D eigenvalue weighted by molar-refractivity contribution is 5.83. The minimum absolute atomic E-state index is 0.329. The summed E-state index contributed by atoms with van der Waals surface area (Å²) >= 11 is 0. The Hall–Kier alpha value is -4.36. The van der Waals surface area contributed by atoms with Crippen LogP contribution in [0.15, 0.2) is 115 Å². The second kappa shape index (κ2) is 12.6. The van der Waals surface area contributed by atoms with Crippen LogP contribution in [0.3, 0.4) is 0 Å². The number of carbonyl (C=O) groups excluding carboxylic acids is 1. The van der Waals surface area contributed by atoms with Crippen molar-refractivity contribution >= 4 is 12.3 Å². The molecule has 0 unspecified atom stereocenters. The molecule has 0 radical (unpaired) electrons. The molecule has 0 bridgehead atoms. The maximum Gasteiger partial charge on any atom is 0.245 e. The molecule has 0 saturated heterocycles. The maximum atomic E-state index is 13.7. The van der Waals surface area contributed by atoms with Crippen molar-refractivity contribution in [3.8, 4) is 0 Å². The van der Waals surface area contributed by atoms with Crippen molar-refractivity contribution in [3.63, 3.8) is 0 Å². The van der Waals surface area contributed by atoms with E-state index in [9.17, 15) is 9.90 Å². The van der Waals surface area contributed by atoms with E-state index >= 15 is 0 Å². The molecule has 7 heteroatoms. The van der Waals surface area contributed by atoms with Gasteiger partial charge in [0.25, 0.3) is 0 Å². The molecule has 1 amide bonds. The molecule has 0 spiro atoms. The standard InChI is InChI=1S/C30H30N4O3/c1-37-22-33-27(17-16-23-10-4-2-5-11-23)29(35)34-28(24-12-6-3-7-13-24)30(36,25-14-8-18-31-20-25)26-15-9-19-32-21-26/h2-15,18-22,27-28,36H,16-17H2,1H3,(H,34,35)/t27-,28-/m1/s1. The quantitative estimate of drug-likeness (QED) is 0.240. The summed E-state index contributed by atoms with van der Waals surface area (Å²) in [4.78, 5) is 26.6. The Balaban J connectivity index is 1.73. The lowest BCUT2D eigenvalue weighted by atomic mass is 9.78. The van der Waals surface area contributed by atoms with Gasteiger partial charge in [0.1, 0.15) is 11.6 Å². The molecule has 0 aliphatic carbocycles. The highest BCUT2D eigenvalue weighted by atomic mass is 16.5. The molecule has 2 N–H and O–H groups in total. The second-order valence-electron chi connectivity index (χ2n) is 8.63. The molecule has 0 aliphatic rings. The molecule has 4 aromatic rings. The summed E-state index contributed by atoms with van der Waals surface area (Å²) in [6, 6.07) is 24.8. The van der Waals surface area contributed by atoms with Crippen LogP contribution < -0.4 is 5.32 Å². The smallest absolute Gasteiger partial charge is 0.245 e. The zero-order valence-corrected chi connectivity index (χ0v) is 20.6. The summed E-state index contributed by atoms with van der Waals surface area (Å²) in [7, 11) is 1.49. The highest BCUT2D eigenvalue weighted by Crippen LogP contribution is 2.40. The van der Waals surface area contributed by atoms with E-state index in [1.165, 1.54) is 13.5 Å². The van der Waals surface area contributed by atoms with Gasteiger partial charge in [0.05, 0.1) is 13.2 Å². The third-order valence-electron chi connectivity index (χ3n) is 6.24. The number of aliphatic imine (C=N–C) groups is 1. The minimum atomic E-state index is -1.66. The van der Waals surface area contributed by atoms with Gasteiger partial charge in [-0.3, -0.25) is 14.8 Å². The van der Waals surface area contributed by atoms with Gasteiger partial charge < -0.3 is 15.2 Å². The molecule has 2 aromatic heterocycles. The fourth-order valence-electron chi connectivity index (χ4n) is 4.35. The summed E-state index contributed by atoms with van der Waals surface area (Å²) in [6.45, 7) is 0. The molecule has 0 aliphatic heterocycles. The molecule has 0 fully saturated rings. The lowest BCUT2D eigenvalue weighted by molar-refractivity contribution is -0.125. The zero-order valence-electron chi connectivity index (χ0n) is 20.6. The first-order valence-electron chi connectivity index (χ1n) is 12.1. The third-order valence-corrected chi connectivity index (χ3v) is 6.24. The van der Waals surface area contributed by atoms with E-state index in [0.29, 0.717) is 24.0 Å². The number of methoxy groups -OCH3 is 1. The second-order valence-corrected chi connectivity index (χ2v) is 8.63. The highest BCUT2D eigenvalue weighted by Gasteiger charge is 2.43. The van der Waals surface area contributed by atoms with E-state index in [0.717, 1.165) is 11.1 Å². The number of nitrogens with one attached hydrogen (secondary N) is 1. The molecule has 188 valence electrons. The lowest BCUT2D eigenvalue weighted by Gasteiger charge is -2.38. The van der Waals surface area contributed by atoms with Gasteiger partial charge >= 0.3 is 0 Å². The van der Waals surface area contributed by atoms with Crippen LogP contribution in [0, 0.1) is 0 Å². The number of nitrogens with zero attached hydrogens (tertiary/aromatic N) is 3. The lowest BCUT2D eigenvalue weighted by Crippen LogP contribution is -2.47. The van der Waals surface area contributed by atoms with Gasteiger partial charge in [0, 0.05) is 35.9 Å². The maximum absolute atomic E-state index is 13.7. The number of amides is 1. The Kier molecular flexibility index (Phi) is 8.73. The van der Waals surface area contributed by atoms with E-state index in [1.54, 1.807) is 49.1 Å². The zero-order chi connectivity index (χ0) is 25.9. The van der Waals surface area contributed by atoms with Crippen LogP contribution in [0.25, 0.3) is 0 Å². The first-order valence-corrected chi connectivity index (χ1v) is 12.1. The van der Waals surface area contributed by atoms with Crippen molar-refractivity contribution in [2.45, 2.75) is 30.5 Å². The van der Waals surface area contributed by atoms with E-state index in [1.807, 2.05) is 60.7 Å². The Morgan fingerprint density at radius 1 is 0.946 bits per heavy atom. The monoisotopic (exact) mass is 494 g/mol. The molecule has 2 atom stereocenters. The van der Waals surface area contributed by atoms with Gasteiger partial charge in [-0.25, -0.2) is 4.99 Å². The summed E-state index contributed by atoms with van der Waals surface area (Å²) < 4.78 is 5.03. The number of ether oxygens (including phenoxy) is 1. The molecule has 0 saturated carbocycles. The van der Waals surface area contributed by atoms with Crippen LogP contribution >= 0.6 is 0 Å². The number of hydrogen-bond acceptors (Lipinski definition) is 6. The predicted octanol–water partition coefficient (Wildman–Crippen LogP) is 4.25. The fourth-order valence-corrected chi connectivity index (χ4v) is 4.35. The molecule has 2 aromatic carbocycles. The van der Waals surface area contributed by atoms with Crippen LogP contribution in [-0.2, 0) is 21.6 Å². The topological polar surface area (TPSA) is 96.7 Å². The van der Waals surface area contributed by atoms with Crippen LogP contribution in [0.5, 0.6) is 0 Å². The van der Waals surface area contributed by atoms with Gasteiger partial charge in [-0.05, 0) is 36.1 Å². The van der Waals surface area contributed by atoms with Crippen LogP contribution in [0.1, 0.15) is 34.7 Å². The number of hydrogen-bond donors (Lipinski definition) is 2. The van der Waals surface area contributed by atoms with Crippen molar-refractivity contribution in [2.75, 3.05) is 7.11 Å². The van der Waals surface area contributed by atoms with Gasteiger partial charge in [-0.2, -0.15) is 0 Å². The van der Waals surface area contributed by atoms with Crippen LogP contribution in [0.4, 0.5) is 0 Å². The normalized spacial score (nSPS) is 13.1. The summed E-state index contributed by atoms with van der Waals surface area (Å²) in [5, 5.41) is 15.5. The Bertz CT molecular complexity index is 1230. The number of aliphatic hydroxyl groups is 1. The summed E-state index contributed by atoms with van der Waals surface area (Å²) in [5.41, 5.74) is 1.23. The van der Waals surface area contributed by atoms with Gasteiger partial charge in [-0.15, -0.1) is 0 Å². The first-order chi connectivity index (χ1) is 18.1. The Morgan fingerprint density at radius 2 is 1.54 bits per heavy atom. The summed E-state index contributed by atoms with van der Waals surface area (Å²) in [6.07, 6.45) is 8.89. The fraction of sp³-hybridized carbons (Fsp3) is 0.200. The molecule has 2 heterocycles. The van der Waals surface area contributed by atoms with Crippen LogP contribution in [-0.4, -0.2) is 40.5 Å². The Morgan fingerprint density at radius 3 is 2.08 bits per heavy atom. The molecule has 4 rings (SSSR count). The van der Waals surface area contributed by atoms with Crippen molar-refractivity contribution in [3.05, 3.63) is 132 Å². The van der Waals surface area contributed by atoms with Gasteiger partial charge in [0.2, 0.25) is 5.91 Å². The first kappa shape index (κ1) is 25.7. The number of aryl methyl sites for hydroxylation is 1. The number of aromatic nitrogens is 2. The predicted molar refractivity (Wildman–Crippen MR) is 143 cm³/mol. The van der Waals surface area contributed by atoms with E-state index in [-0.39, 0.29) is 5.91 Å². The van der Waals surface area contributed by atoms with E-state index in [2.05, 4.69) is 20.3 Å². The number of carbonyl (C=O) groups is 1. The minimum Gasteiger partial charge on any atom is -0.487 e. The SMILES string of the molecule is COC=N[C@H](CCc1ccccc1)C(=O)N[C@H](c1ccccc1)C(O)(c1cccnc1)c1cccnc1. The largest absolute Gasteiger partial charge is 0.487 e. The number of rotatable bonds is 11. The van der Waals surface area contributed by atoms with Crippen molar-refractivity contribution in [1.82, 2.24) is 15.3 Å². The molecule has 37 heavy (non-hydrogen) atoms. The van der Waals surface area contributed by atoms with Crippen molar-refractivity contribution in [1.29, 1.82) is 0 Å². The van der Waals surface area contributed by atoms with Gasteiger partial charge in [-0.1, -0.05) is 72.8 Å². The van der Waals surface area contributed by atoms with Crippen LogP contribution in [0.2, 0.25) is 0 Å². The Labute approximate surface area is 216 Å². The van der Waals surface area contributed by atoms with E-state index in [4.69, 9.17) is 4.74 Å². The van der Waals surface area contributed by atoms with Gasteiger partial charge in [0.15, 0.2) is 6.40 Å². The van der Waals surface area contributed by atoms with E-state index < -0.39 is 17.7 Å². The molecular formula is C30H30N4O3. The number of benzene rings is 2. The number of pyridine rings is 2.